The lowest BCUT2D eigenvalue weighted by molar-refractivity contribution is -0.119. The van der Waals surface area contributed by atoms with Crippen LogP contribution in [0.2, 0.25) is 0 Å². The predicted molar refractivity (Wildman–Crippen MR) is 66.3 cm³/mol. The van der Waals surface area contributed by atoms with E-state index in [0.717, 1.165) is 13.0 Å². The number of nitrogens with one attached hydrogen (secondary N) is 1. The van der Waals surface area contributed by atoms with Crippen LogP contribution in [0.25, 0.3) is 0 Å². The first kappa shape index (κ1) is 14.8. The van der Waals surface area contributed by atoms with E-state index in [1.807, 2.05) is 0 Å². The molecule has 0 unspecified atom stereocenters. The van der Waals surface area contributed by atoms with Gasteiger partial charge in [-0.2, -0.15) is 0 Å². The van der Waals surface area contributed by atoms with Gasteiger partial charge in [-0.1, -0.05) is 46.5 Å². The summed E-state index contributed by atoms with van der Waals surface area (Å²) >= 11 is 5.41. The lowest BCUT2D eigenvalue weighted by Gasteiger charge is -2.24. The van der Waals surface area contributed by atoms with Crippen molar-refractivity contribution in [2.45, 2.75) is 52.9 Å². The molecule has 0 aromatic rings. The molecular formula is C12H24ClNO. The Hall–Kier alpha value is -0.240. The molecule has 0 heterocycles. The maximum Gasteiger partial charge on any atom is 0.234 e. The minimum absolute atomic E-state index is 0.0614. The second-order valence-corrected chi connectivity index (χ2v) is 5.15. The van der Waals surface area contributed by atoms with Crippen LogP contribution < -0.4 is 5.32 Å². The molecule has 0 rings (SSSR count). The van der Waals surface area contributed by atoms with E-state index in [-0.39, 0.29) is 17.2 Å². The highest BCUT2D eigenvalue weighted by Gasteiger charge is 2.17. The third-order valence-corrected chi connectivity index (χ3v) is 2.84. The van der Waals surface area contributed by atoms with Gasteiger partial charge in [0.05, 0.1) is 0 Å². The maximum absolute atomic E-state index is 11.0. The number of alkyl halides is 1. The second kappa shape index (κ2) is 7.98. The van der Waals surface area contributed by atoms with Crippen LogP contribution in [0.3, 0.4) is 0 Å². The highest BCUT2D eigenvalue weighted by molar-refractivity contribution is 6.27. The number of amides is 1. The van der Waals surface area contributed by atoms with E-state index in [1.54, 1.807) is 0 Å². The summed E-state index contributed by atoms with van der Waals surface area (Å²) in [5.74, 6) is -0.00960. The van der Waals surface area contributed by atoms with Crippen molar-refractivity contribution in [1.29, 1.82) is 0 Å². The molecule has 3 heteroatoms. The van der Waals surface area contributed by atoms with Gasteiger partial charge < -0.3 is 5.32 Å². The van der Waals surface area contributed by atoms with Crippen molar-refractivity contribution in [3.8, 4) is 0 Å². The first-order chi connectivity index (χ1) is 7.02. The SMILES string of the molecule is CCCCCCC(C)(C)CNC(=O)CCl. The van der Waals surface area contributed by atoms with Crippen molar-refractivity contribution < 1.29 is 4.79 Å². The van der Waals surface area contributed by atoms with Crippen molar-refractivity contribution >= 4 is 17.5 Å². The van der Waals surface area contributed by atoms with Gasteiger partial charge in [0.1, 0.15) is 5.88 Å². The molecule has 1 amide bonds. The molecule has 0 radical (unpaired) electrons. The minimum Gasteiger partial charge on any atom is -0.355 e. The number of halogens is 1. The van der Waals surface area contributed by atoms with Gasteiger partial charge in [-0.05, 0) is 11.8 Å². The molecule has 0 bridgehead atoms. The summed E-state index contributed by atoms with van der Waals surface area (Å²) in [6.07, 6.45) is 6.28. The molecule has 0 aromatic heterocycles. The molecule has 90 valence electrons. The lowest BCUT2D eigenvalue weighted by atomic mass is 9.87. The van der Waals surface area contributed by atoms with E-state index in [4.69, 9.17) is 11.6 Å². The van der Waals surface area contributed by atoms with Gasteiger partial charge in [0, 0.05) is 6.54 Å². The largest absolute Gasteiger partial charge is 0.355 e. The zero-order valence-corrected chi connectivity index (χ0v) is 11.0. The van der Waals surface area contributed by atoms with E-state index in [9.17, 15) is 4.79 Å². The highest BCUT2D eigenvalue weighted by atomic mass is 35.5. The van der Waals surface area contributed by atoms with Gasteiger partial charge in [0.15, 0.2) is 0 Å². The van der Waals surface area contributed by atoms with E-state index in [0.29, 0.717) is 0 Å². The van der Waals surface area contributed by atoms with Gasteiger partial charge in [0.25, 0.3) is 0 Å². The summed E-state index contributed by atoms with van der Waals surface area (Å²) < 4.78 is 0. The molecule has 0 aliphatic carbocycles. The average molecular weight is 234 g/mol. The van der Waals surface area contributed by atoms with Gasteiger partial charge in [-0.3, -0.25) is 4.79 Å². The fourth-order valence-corrected chi connectivity index (χ4v) is 1.60. The standard InChI is InChI=1S/C12H24ClNO/c1-4-5-6-7-8-12(2,3)10-14-11(15)9-13/h4-10H2,1-3H3,(H,14,15). The summed E-state index contributed by atoms with van der Waals surface area (Å²) in [5, 5.41) is 2.84. The topological polar surface area (TPSA) is 29.1 Å². The summed E-state index contributed by atoms with van der Waals surface area (Å²) in [6.45, 7) is 7.32. The fraction of sp³-hybridized carbons (Fsp3) is 0.917. The Kier molecular flexibility index (Phi) is 7.85. The zero-order valence-electron chi connectivity index (χ0n) is 10.2. The molecule has 1 N–H and O–H groups in total. The third-order valence-electron chi connectivity index (χ3n) is 2.59. The number of hydrogen-bond donors (Lipinski definition) is 1. The van der Waals surface area contributed by atoms with E-state index < -0.39 is 0 Å². The number of unbranched alkanes of at least 4 members (excludes halogenated alkanes) is 3. The molecule has 15 heavy (non-hydrogen) atoms. The minimum atomic E-state index is -0.0710. The highest BCUT2D eigenvalue weighted by Crippen LogP contribution is 2.22. The van der Waals surface area contributed by atoms with Gasteiger partial charge >= 0.3 is 0 Å². The van der Waals surface area contributed by atoms with Crippen molar-refractivity contribution in [2.75, 3.05) is 12.4 Å². The predicted octanol–water partition coefficient (Wildman–Crippen LogP) is 3.34. The van der Waals surface area contributed by atoms with Gasteiger partial charge in [-0.25, -0.2) is 0 Å². The Bertz CT molecular complexity index is 180. The number of hydrogen-bond acceptors (Lipinski definition) is 1. The number of carbonyl (C=O) groups excluding carboxylic acids is 1. The van der Waals surface area contributed by atoms with Crippen molar-refractivity contribution in [3.63, 3.8) is 0 Å². The molecule has 0 fully saturated rings. The Morgan fingerprint density at radius 1 is 1.27 bits per heavy atom. The Morgan fingerprint density at radius 3 is 2.47 bits per heavy atom. The summed E-state index contributed by atoms with van der Waals surface area (Å²) in [5.41, 5.74) is 0.190. The molecule has 0 aromatic carbocycles. The van der Waals surface area contributed by atoms with E-state index in [2.05, 4.69) is 26.1 Å². The van der Waals surface area contributed by atoms with Gasteiger partial charge in [-0.15, -0.1) is 11.6 Å². The van der Waals surface area contributed by atoms with Crippen LogP contribution in [0.5, 0.6) is 0 Å². The van der Waals surface area contributed by atoms with Crippen LogP contribution in [0, 0.1) is 5.41 Å². The Balaban J connectivity index is 3.61. The molecule has 0 aliphatic rings. The molecular weight excluding hydrogens is 210 g/mol. The summed E-state index contributed by atoms with van der Waals surface area (Å²) in [7, 11) is 0. The van der Waals surface area contributed by atoms with Crippen molar-refractivity contribution in [2.24, 2.45) is 5.41 Å². The molecule has 0 spiro atoms. The van der Waals surface area contributed by atoms with E-state index in [1.165, 1.54) is 25.7 Å². The van der Waals surface area contributed by atoms with Crippen molar-refractivity contribution in [1.82, 2.24) is 5.32 Å². The monoisotopic (exact) mass is 233 g/mol. The quantitative estimate of drug-likeness (QED) is 0.506. The van der Waals surface area contributed by atoms with Crippen LogP contribution >= 0.6 is 11.6 Å². The first-order valence-electron chi connectivity index (χ1n) is 5.84. The van der Waals surface area contributed by atoms with E-state index >= 15 is 0 Å². The molecule has 0 atom stereocenters. The normalized spacial score (nSPS) is 11.5. The van der Waals surface area contributed by atoms with Crippen LogP contribution in [0.4, 0.5) is 0 Å². The Morgan fingerprint density at radius 2 is 1.93 bits per heavy atom. The van der Waals surface area contributed by atoms with Crippen molar-refractivity contribution in [3.05, 3.63) is 0 Å². The smallest absolute Gasteiger partial charge is 0.234 e. The molecule has 0 saturated heterocycles. The maximum atomic E-state index is 11.0. The van der Waals surface area contributed by atoms with Crippen LogP contribution in [-0.4, -0.2) is 18.3 Å². The molecule has 0 saturated carbocycles. The van der Waals surface area contributed by atoms with Crippen LogP contribution in [0.1, 0.15) is 52.9 Å². The molecule has 2 nitrogen and oxygen atoms in total. The zero-order chi connectivity index (χ0) is 11.7. The molecule has 0 aliphatic heterocycles. The third kappa shape index (κ3) is 8.73. The summed E-state index contributed by atoms with van der Waals surface area (Å²) in [4.78, 5) is 11.0. The Labute approximate surface area is 98.8 Å². The van der Waals surface area contributed by atoms with Crippen LogP contribution in [0.15, 0.2) is 0 Å². The van der Waals surface area contributed by atoms with Gasteiger partial charge in [0.2, 0.25) is 5.91 Å². The second-order valence-electron chi connectivity index (χ2n) is 4.89. The summed E-state index contributed by atoms with van der Waals surface area (Å²) in [6, 6.07) is 0. The number of carbonyl (C=O) groups is 1. The lowest BCUT2D eigenvalue weighted by Crippen LogP contribution is -2.34. The fourth-order valence-electron chi connectivity index (χ4n) is 1.50. The first-order valence-corrected chi connectivity index (χ1v) is 6.38. The van der Waals surface area contributed by atoms with Crippen LogP contribution in [-0.2, 0) is 4.79 Å². The average Bonchev–Trinajstić information content (AvgIpc) is 2.21. The number of rotatable bonds is 8.